The number of likely N-dealkylation sites (tertiary alicyclic amines) is 2. The van der Waals surface area contributed by atoms with Crippen molar-refractivity contribution in [2.75, 3.05) is 26.2 Å². The van der Waals surface area contributed by atoms with E-state index in [1.165, 1.54) is 62.7 Å². The summed E-state index contributed by atoms with van der Waals surface area (Å²) in [6.07, 6.45) is 9.56. The van der Waals surface area contributed by atoms with Crippen molar-refractivity contribution >= 4 is 5.91 Å². The molecule has 1 aliphatic carbocycles. The average Bonchev–Trinajstić information content (AvgIpc) is 3.23. The number of rotatable bonds is 5. The first-order valence-electron chi connectivity index (χ1n) is 11.5. The SMILES string of the molecule is Cc1ccccc1CN1CCC(N2CCC(C(=O)NC3CCCC3)CC2)CC1. The van der Waals surface area contributed by atoms with Crippen molar-refractivity contribution in [3.05, 3.63) is 35.4 Å². The summed E-state index contributed by atoms with van der Waals surface area (Å²) in [5.74, 6) is 0.581. The minimum Gasteiger partial charge on any atom is -0.353 e. The first-order valence-corrected chi connectivity index (χ1v) is 11.5. The van der Waals surface area contributed by atoms with Gasteiger partial charge in [-0.15, -0.1) is 0 Å². The number of aryl methyl sites for hydroxylation is 1. The quantitative estimate of drug-likeness (QED) is 0.841. The number of carbonyl (C=O) groups excluding carboxylic acids is 1. The highest BCUT2D eigenvalue weighted by molar-refractivity contribution is 5.79. The maximum Gasteiger partial charge on any atom is 0.223 e. The molecule has 4 nitrogen and oxygen atoms in total. The lowest BCUT2D eigenvalue weighted by Crippen LogP contribution is -2.49. The second kappa shape index (κ2) is 9.41. The zero-order valence-electron chi connectivity index (χ0n) is 17.5. The molecule has 1 aromatic carbocycles. The highest BCUT2D eigenvalue weighted by Crippen LogP contribution is 2.26. The van der Waals surface area contributed by atoms with Crippen LogP contribution in [0, 0.1) is 12.8 Å². The lowest BCUT2D eigenvalue weighted by molar-refractivity contribution is -0.127. The monoisotopic (exact) mass is 383 g/mol. The lowest BCUT2D eigenvalue weighted by Gasteiger charge is -2.41. The molecule has 4 rings (SSSR count). The summed E-state index contributed by atoms with van der Waals surface area (Å²) in [7, 11) is 0. The number of hydrogen-bond donors (Lipinski definition) is 1. The minimum atomic E-state index is 0.248. The van der Waals surface area contributed by atoms with Crippen molar-refractivity contribution in [2.24, 2.45) is 5.92 Å². The Bertz CT molecular complexity index is 639. The molecule has 0 unspecified atom stereocenters. The second-order valence-electron chi connectivity index (χ2n) is 9.23. The number of piperidine rings is 2. The maximum absolute atomic E-state index is 12.5. The summed E-state index contributed by atoms with van der Waals surface area (Å²) in [6, 6.07) is 9.94. The van der Waals surface area contributed by atoms with Gasteiger partial charge in [0.2, 0.25) is 5.91 Å². The molecule has 2 aliphatic heterocycles. The molecule has 1 aromatic rings. The van der Waals surface area contributed by atoms with Crippen LogP contribution < -0.4 is 5.32 Å². The van der Waals surface area contributed by atoms with E-state index in [0.717, 1.165) is 32.5 Å². The minimum absolute atomic E-state index is 0.248. The van der Waals surface area contributed by atoms with Gasteiger partial charge in [-0.2, -0.15) is 0 Å². The smallest absolute Gasteiger partial charge is 0.223 e. The summed E-state index contributed by atoms with van der Waals surface area (Å²) in [4.78, 5) is 17.8. The van der Waals surface area contributed by atoms with Gasteiger partial charge in [-0.3, -0.25) is 9.69 Å². The van der Waals surface area contributed by atoms with E-state index in [9.17, 15) is 4.79 Å². The second-order valence-corrected chi connectivity index (χ2v) is 9.23. The van der Waals surface area contributed by atoms with Crippen LogP contribution >= 0.6 is 0 Å². The summed E-state index contributed by atoms with van der Waals surface area (Å²) < 4.78 is 0. The summed E-state index contributed by atoms with van der Waals surface area (Å²) in [5.41, 5.74) is 2.87. The summed E-state index contributed by atoms with van der Waals surface area (Å²) >= 11 is 0. The van der Waals surface area contributed by atoms with Crippen LogP contribution in [0.4, 0.5) is 0 Å². The number of carbonyl (C=O) groups is 1. The van der Waals surface area contributed by atoms with Gasteiger partial charge in [0.25, 0.3) is 0 Å². The van der Waals surface area contributed by atoms with Gasteiger partial charge in [-0.25, -0.2) is 0 Å². The molecule has 2 heterocycles. The molecule has 1 N–H and O–H groups in total. The Morgan fingerprint density at radius 3 is 2.32 bits per heavy atom. The molecule has 28 heavy (non-hydrogen) atoms. The van der Waals surface area contributed by atoms with E-state index in [2.05, 4.69) is 46.3 Å². The maximum atomic E-state index is 12.5. The third-order valence-corrected chi connectivity index (χ3v) is 7.33. The third-order valence-electron chi connectivity index (χ3n) is 7.33. The van der Waals surface area contributed by atoms with Crippen LogP contribution in [0.15, 0.2) is 24.3 Å². The predicted octanol–water partition coefficient (Wildman–Crippen LogP) is 3.73. The fourth-order valence-electron chi connectivity index (χ4n) is 5.39. The highest BCUT2D eigenvalue weighted by Gasteiger charge is 2.31. The van der Waals surface area contributed by atoms with Gasteiger partial charge in [0.15, 0.2) is 0 Å². The molecule has 3 aliphatic rings. The molecule has 0 aromatic heterocycles. The fourth-order valence-corrected chi connectivity index (χ4v) is 5.39. The van der Waals surface area contributed by atoms with Gasteiger partial charge >= 0.3 is 0 Å². The average molecular weight is 384 g/mol. The van der Waals surface area contributed by atoms with Gasteiger partial charge in [0.1, 0.15) is 0 Å². The molecule has 4 heteroatoms. The first-order chi connectivity index (χ1) is 13.7. The zero-order valence-corrected chi connectivity index (χ0v) is 17.5. The predicted molar refractivity (Wildman–Crippen MR) is 114 cm³/mol. The molecular formula is C24H37N3O. The molecule has 154 valence electrons. The Hall–Kier alpha value is -1.39. The molecule has 3 fully saturated rings. The van der Waals surface area contributed by atoms with Crippen molar-refractivity contribution in [1.29, 1.82) is 0 Å². The summed E-state index contributed by atoms with van der Waals surface area (Å²) in [5, 5.41) is 3.31. The molecule has 0 spiro atoms. The number of hydrogen-bond acceptors (Lipinski definition) is 3. The molecule has 0 bridgehead atoms. The van der Waals surface area contributed by atoms with Gasteiger partial charge in [0, 0.05) is 24.5 Å². The van der Waals surface area contributed by atoms with Crippen molar-refractivity contribution in [1.82, 2.24) is 15.1 Å². The zero-order chi connectivity index (χ0) is 19.3. The van der Waals surface area contributed by atoms with Crippen LogP contribution in [0.25, 0.3) is 0 Å². The van der Waals surface area contributed by atoms with Crippen molar-refractivity contribution in [3.63, 3.8) is 0 Å². The Kier molecular flexibility index (Phi) is 6.69. The van der Waals surface area contributed by atoms with Gasteiger partial charge in [0.05, 0.1) is 0 Å². The number of amides is 1. The van der Waals surface area contributed by atoms with Crippen LogP contribution in [-0.2, 0) is 11.3 Å². The largest absolute Gasteiger partial charge is 0.353 e. The Morgan fingerprint density at radius 2 is 1.64 bits per heavy atom. The number of nitrogens with one attached hydrogen (secondary N) is 1. The first kappa shape index (κ1) is 19.9. The van der Waals surface area contributed by atoms with Crippen molar-refractivity contribution in [2.45, 2.75) is 76.9 Å². The standard InChI is InChI=1S/C24H37N3O/c1-19-6-2-3-7-21(19)18-26-14-12-23(13-15-26)27-16-10-20(11-17-27)24(28)25-22-8-4-5-9-22/h2-3,6-7,20,22-23H,4-5,8-18H2,1H3,(H,25,28). The van der Waals surface area contributed by atoms with Gasteiger partial charge in [-0.1, -0.05) is 37.1 Å². The van der Waals surface area contributed by atoms with E-state index in [1.807, 2.05) is 0 Å². The van der Waals surface area contributed by atoms with Crippen LogP contribution in [0.1, 0.15) is 62.5 Å². The van der Waals surface area contributed by atoms with E-state index < -0.39 is 0 Å². The topological polar surface area (TPSA) is 35.6 Å². The Balaban J connectivity index is 1.19. The molecule has 0 radical (unpaired) electrons. The Labute approximate surface area is 170 Å². The molecule has 1 amide bonds. The molecule has 1 saturated carbocycles. The van der Waals surface area contributed by atoms with Crippen LogP contribution in [0.3, 0.4) is 0 Å². The van der Waals surface area contributed by atoms with E-state index in [-0.39, 0.29) is 5.92 Å². The van der Waals surface area contributed by atoms with Crippen molar-refractivity contribution in [3.8, 4) is 0 Å². The van der Waals surface area contributed by atoms with Crippen LogP contribution in [0.2, 0.25) is 0 Å². The van der Waals surface area contributed by atoms with E-state index in [1.54, 1.807) is 0 Å². The Morgan fingerprint density at radius 1 is 0.964 bits per heavy atom. The normalized spacial score (nSPS) is 23.9. The number of nitrogens with zero attached hydrogens (tertiary/aromatic N) is 2. The molecule has 0 atom stereocenters. The fraction of sp³-hybridized carbons (Fsp3) is 0.708. The molecule has 2 saturated heterocycles. The van der Waals surface area contributed by atoms with Crippen LogP contribution in [0.5, 0.6) is 0 Å². The van der Waals surface area contributed by atoms with Gasteiger partial charge < -0.3 is 10.2 Å². The lowest BCUT2D eigenvalue weighted by atomic mass is 9.92. The molecular weight excluding hydrogens is 346 g/mol. The van der Waals surface area contributed by atoms with Crippen LogP contribution in [-0.4, -0.2) is 54.0 Å². The highest BCUT2D eigenvalue weighted by atomic mass is 16.1. The van der Waals surface area contributed by atoms with E-state index >= 15 is 0 Å². The van der Waals surface area contributed by atoms with E-state index in [0.29, 0.717) is 18.0 Å². The summed E-state index contributed by atoms with van der Waals surface area (Å²) in [6.45, 7) is 7.90. The number of benzene rings is 1. The third kappa shape index (κ3) is 4.96. The van der Waals surface area contributed by atoms with Crippen molar-refractivity contribution < 1.29 is 4.79 Å². The van der Waals surface area contributed by atoms with E-state index in [4.69, 9.17) is 0 Å². The van der Waals surface area contributed by atoms with Gasteiger partial charge in [-0.05, 0) is 82.8 Å².